The second-order valence-corrected chi connectivity index (χ2v) is 7.87. The van der Waals surface area contributed by atoms with Gasteiger partial charge in [-0.1, -0.05) is 29.3 Å². The van der Waals surface area contributed by atoms with E-state index in [0.717, 1.165) is 18.4 Å². The zero-order valence-electron chi connectivity index (χ0n) is 11.5. The van der Waals surface area contributed by atoms with E-state index in [1.165, 1.54) is 11.1 Å². The molecule has 0 amide bonds. The molecule has 2 atom stereocenters. The Labute approximate surface area is 115 Å². The van der Waals surface area contributed by atoms with Crippen LogP contribution in [0.1, 0.15) is 35.6 Å². The lowest BCUT2D eigenvalue weighted by molar-refractivity contribution is 0.421. The molecule has 0 bridgehead atoms. The highest BCUT2D eigenvalue weighted by Crippen LogP contribution is 2.29. The van der Waals surface area contributed by atoms with Crippen LogP contribution in [0, 0.1) is 19.8 Å². The third kappa shape index (κ3) is 3.78. The van der Waals surface area contributed by atoms with Crippen LogP contribution in [-0.2, 0) is 9.84 Å². The number of rotatable bonds is 4. The molecule has 19 heavy (non-hydrogen) atoms. The van der Waals surface area contributed by atoms with E-state index in [0.29, 0.717) is 11.5 Å². The van der Waals surface area contributed by atoms with Crippen molar-refractivity contribution in [3.05, 3.63) is 34.9 Å². The Morgan fingerprint density at radius 2 is 1.95 bits per heavy atom. The van der Waals surface area contributed by atoms with Crippen LogP contribution in [-0.4, -0.2) is 19.9 Å². The van der Waals surface area contributed by atoms with Crippen molar-refractivity contribution in [2.45, 2.75) is 32.7 Å². The maximum atomic E-state index is 11.5. The van der Waals surface area contributed by atoms with Crippen molar-refractivity contribution in [2.75, 3.05) is 11.5 Å². The minimum atomic E-state index is -2.82. The molecule has 106 valence electrons. The molecular formula is C14H22N2O2S. The first kappa shape index (κ1) is 14.5. The zero-order chi connectivity index (χ0) is 14.0. The van der Waals surface area contributed by atoms with Gasteiger partial charge in [0.15, 0.2) is 9.84 Å². The lowest BCUT2D eigenvalue weighted by atomic mass is 9.93. The highest BCUT2D eigenvalue weighted by atomic mass is 32.2. The first-order valence-corrected chi connectivity index (χ1v) is 8.46. The van der Waals surface area contributed by atoms with Crippen molar-refractivity contribution in [3.63, 3.8) is 0 Å². The predicted octanol–water partition coefficient (Wildman–Crippen LogP) is 1.63. The summed E-state index contributed by atoms with van der Waals surface area (Å²) < 4.78 is 23.0. The molecule has 2 unspecified atom stereocenters. The SMILES string of the molecule is Cc1cc(C)cc(C(CC2CCS(=O)(=O)C2)NN)c1. The van der Waals surface area contributed by atoms with Crippen LogP contribution in [0.5, 0.6) is 0 Å². The number of sulfone groups is 1. The van der Waals surface area contributed by atoms with Crippen molar-refractivity contribution in [1.82, 2.24) is 5.43 Å². The van der Waals surface area contributed by atoms with E-state index >= 15 is 0 Å². The Bertz CT molecular complexity index is 534. The quantitative estimate of drug-likeness (QED) is 0.650. The number of aryl methyl sites for hydroxylation is 2. The molecule has 1 aliphatic heterocycles. The first-order valence-electron chi connectivity index (χ1n) is 6.64. The second kappa shape index (κ2) is 5.61. The van der Waals surface area contributed by atoms with E-state index in [9.17, 15) is 8.42 Å². The molecule has 1 aromatic rings. The Balaban J connectivity index is 2.12. The summed E-state index contributed by atoms with van der Waals surface area (Å²) in [6, 6.07) is 6.37. The highest BCUT2D eigenvalue weighted by Gasteiger charge is 2.30. The molecule has 0 aromatic heterocycles. The van der Waals surface area contributed by atoms with Crippen LogP contribution in [0.4, 0.5) is 0 Å². The van der Waals surface area contributed by atoms with E-state index in [-0.39, 0.29) is 12.0 Å². The Kier molecular flexibility index (Phi) is 4.28. The highest BCUT2D eigenvalue weighted by molar-refractivity contribution is 7.91. The molecule has 1 saturated heterocycles. The summed E-state index contributed by atoms with van der Waals surface area (Å²) in [5.74, 6) is 6.49. The van der Waals surface area contributed by atoms with Gasteiger partial charge in [-0.15, -0.1) is 0 Å². The number of hydrazine groups is 1. The van der Waals surface area contributed by atoms with E-state index in [4.69, 9.17) is 5.84 Å². The molecule has 1 aromatic carbocycles. The number of nitrogens with two attached hydrogens (primary N) is 1. The second-order valence-electron chi connectivity index (χ2n) is 5.65. The van der Waals surface area contributed by atoms with Crippen molar-refractivity contribution in [2.24, 2.45) is 11.8 Å². The third-order valence-corrected chi connectivity index (χ3v) is 5.58. The van der Waals surface area contributed by atoms with Gasteiger partial charge in [-0.3, -0.25) is 11.3 Å². The van der Waals surface area contributed by atoms with Gasteiger partial charge in [-0.05, 0) is 38.2 Å². The fourth-order valence-electron chi connectivity index (χ4n) is 2.90. The summed E-state index contributed by atoms with van der Waals surface area (Å²) in [6.45, 7) is 4.12. The topological polar surface area (TPSA) is 72.2 Å². The van der Waals surface area contributed by atoms with Gasteiger partial charge in [0.1, 0.15) is 0 Å². The smallest absolute Gasteiger partial charge is 0.150 e. The van der Waals surface area contributed by atoms with Crippen LogP contribution in [0.15, 0.2) is 18.2 Å². The summed E-state index contributed by atoms with van der Waals surface area (Å²) in [4.78, 5) is 0. The van der Waals surface area contributed by atoms with Gasteiger partial charge >= 0.3 is 0 Å². The van der Waals surface area contributed by atoms with Gasteiger partial charge in [0.2, 0.25) is 0 Å². The molecule has 4 nitrogen and oxygen atoms in total. The van der Waals surface area contributed by atoms with Crippen molar-refractivity contribution in [1.29, 1.82) is 0 Å². The molecule has 0 aliphatic carbocycles. The normalized spacial score (nSPS) is 23.4. The van der Waals surface area contributed by atoms with Crippen LogP contribution in [0.2, 0.25) is 0 Å². The van der Waals surface area contributed by atoms with Gasteiger partial charge in [0.05, 0.1) is 11.5 Å². The molecule has 2 rings (SSSR count). The molecule has 1 fully saturated rings. The molecule has 1 heterocycles. The molecule has 0 saturated carbocycles. The van der Waals surface area contributed by atoms with Crippen LogP contribution in [0.25, 0.3) is 0 Å². The summed E-state index contributed by atoms with van der Waals surface area (Å²) >= 11 is 0. The van der Waals surface area contributed by atoms with E-state index in [1.807, 2.05) is 0 Å². The third-order valence-electron chi connectivity index (χ3n) is 3.74. The number of nitrogens with one attached hydrogen (secondary N) is 1. The number of hydrogen-bond donors (Lipinski definition) is 2. The Morgan fingerprint density at radius 1 is 1.32 bits per heavy atom. The minimum Gasteiger partial charge on any atom is -0.271 e. The van der Waals surface area contributed by atoms with Crippen molar-refractivity contribution < 1.29 is 8.42 Å². The Hall–Kier alpha value is -0.910. The first-order chi connectivity index (χ1) is 8.89. The van der Waals surface area contributed by atoms with Crippen LogP contribution in [0.3, 0.4) is 0 Å². The lowest BCUT2D eigenvalue weighted by Crippen LogP contribution is -2.30. The molecule has 5 heteroatoms. The largest absolute Gasteiger partial charge is 0.271 e. The fourth-order valence-corrected chi connectivity index (χ4v) is 4.78. The Morgan fingerprint density at radius 3 is 2.42 bits per heavy atom. The summed E-state index contributed by atoms with van der Waals surface area (Å²) in [5, 5.41) is 0. The molecule has 0 spiro atoms. The van der Waals surface area contributed by atoms with E-state index in [2.05, 4.69) is 37.5 Å². The lowest BCUT2D eigenvalue weighted by Gasteiger charge is -2.20. The zero-order valence-corrected chi connectivity index (χ0v) is 12.3. The van der Waals surface area contributed by atoms with Crippen LogP contribution >= 0.6 is 0 Å². The predicted molar refractivity (Wildman–Crippen MR) is 77.4 cm³/mol. The summed E-state index contributed by atoms with van der Waals surface area (Å²) in [7, 11) is -2.82. The maximum Gasteiger partial charge on any atom is 0.150 e. The molecule has 1 aliphatic rings. The van der Waals surface area contributed by atoms with Gasteiger partial charge in [-0.25, -0.2) is 8.42 Å². The maximum absolute atomic E-state index is 11.5. The monoisotopic (exact) mass is 282 g/mol. The van der Waals surface area contributed by atoms with Gasteiger partial charge in [0, 0.05) is 6.04 Å². The number of hydrogen-bond acceptors (Lipinski definition) is 4. The average Bonchev–Trinajstić information content (AvgIpc) is 2.64. The summed E-state index contributed by atoms with van der Waals surface area (Å²) in [6.07, 6.45) is 1.53. The van der Waals surface area contributed by atoms with E-state index in [1.54, 1.807) is 0 Å². The minimum absolute atomic E-state index is 0.0249. The van der Waals surface area contributed by atoms with Gasteiger partial charge in [0.25, 0.3) is 0 Å². The van der Waals surface area contributed by atoms with E-state index < -0.39 is 9.84 Å². The molecule has 3 N–H and O–H groups in total. The van der Waals surface area contributed by atoms with Gasteiger partial charge in [-0.2, -0.15) is 0 Å². The fraction of sp³-hybridized carbons (Fsp3) is 0.571. The molecule has 0 radical (unpaired) electrons. The van der Waals surface area contributed by atoms with Crippen molar-refractivity contribution in [3.8, 4) is 0 Å². The average molecular weight is 282 g/mol. The van der Waals surface area contributed by atoms with Crippen LogP contribution < -0.4 is 11.3 Å². The molecular weight excluding hydrogens is 260 g/mol. The van der Waals surface area contributed by atoms with Crippen molar-refractivity contribution >= 4 is 9.84 Å². The van der Waals surface area contributed by atoms with Gasteiger partial charge < -0.3 is 0 Å². The number of benzene rings is 1. The summed E-state index contributed by atoms with van der Waals surface area (Å²) in [5.41, 5.74) is 6.38. The standard InChI is InChI=1S/C14H22N2O2S/c1-10-5-11(2)7-13(6-10)14(16-15)8-12-3-4-19(17,18)9-12/h5-7,12,14,16H,3-4,8-9,15H2,1-2H3.